The molecule has 31 heavy (non-hydrogen) atoms. The van der Waals surface area contributed by atoms with Gasteiger partial charge in [-0.25, -0.2) is 4.90 Å². The van der Waals surface area contributed by atoms with Gasteiger partial charge in [0.1, 0.15) is 16.4 Å². The number of thioether (sulfide) groups is 1. The van der Waals surface area contributed by atoms with E-state index in [1.807, 2.05) is 43.3 Å². The molecule has 0 fully saturated rings. The normalized spacial score (nSPS) is 13.7. The molecule has 4 rings (SSSR count). The van der Waals surface area contributed by atoms with Gasteiger partial charge in [-0.1, -0.05) is 47.6 Å². The van der Waals surface area contributed by atoms with E-state index in [0.29, 0.717) is 21.4 Å². The van der Waals surface area contributed by atoms with Crippen molar-refractivity contribution in [1.29, 1.82) is 0 Å². The van der Waals surface area contributed by atoms with Crippen molar-refractivity contribution in [3.8, 4) is 5.75 Å². The predicted molar refractivity (Wildman–Crippen MR) is 125 cm³/mol. The Labute approximate surface area is 189 Å². The summed E-state index contributed by atoms with van der Waals surface area (Å²) in [7, 11) is 1.51. The Morgan fingerprint density at radius 3 is 2.39 bits per heavy atom. The summed E-state index contributed by atoms with van der Waals surface area (Å²) < 4.78 is 5.38. The molecule has 7 heteroatoms. The third-order valence-corrected chi connectivity index (χ3v) is 6.03. The maximum Gasteiger partial charge on any atom is 0.283 e. The number of halogens is 1. The maximum absolute atomic E-state index is 13.4. The van der Waals surface area contributed by atoms with E-state index < -0.39 is 11.8 Å². The van der Waals surface area contributed by atoms with Gasteiger partial charge in [0.15, 0.2) is 0 Å². The molecule has 1 heterocycles. The Bertz CT molecular complexity index is 1190. The monoisotopic (exact) mass is 450 g/mol. The molecule has 0 saturated heterocycles. The topological polar surface area (TPSA) is 58.6 Å². The van der Waals surface area contributed by atoms with Crippen molar-refractivity contribution < 1.29 is 14.3 Å². The van der Waals surface area contributed by atoms with E-state index in [2.05, 4.69) is 5.32 Å². The molecule has 156 valence electrons. The van der Waals surface area contributed by atoms with Crippen LogP contribution < -0.4 is 15.0 Å². The average molecular weight is 451 g/mol. The Morgan fingerprint density at radius 1 is 0.935 bits per heavy atom. The van der Waals surface area contributed by atoms with Crippen molar-refractivity contribution >= 4 is 46.6 Å². The van der Waals surface area contributed by atoms with E-state index in [4.69, 9.17) is 16.3 Å². The maximum atomic E-state index is 13.4. The van der Waals surface area contributed by atoms with E-state index in [-0.39, 0.29) is 5.70 Å². The summed E-state index contributed by atoms with van der Waals surface area (Å²) in [5.41, 5.74) is 2.39. The molecule has 3 aromatic rings. The Balaban J connectivity index is 1.77. The van der Waals surface area contributed by atoms with Crippen LogP contribution in [-0.2, 0) is 9.59 Å². The fraction of sp³-hybridized carbons (Fsp3) is 0.0833. The number of methoxy groups -OCH3 is 1. The second-order valence-electron chi connectivity index (χ2n) is 6.87. The minimum absolute atomic E-state index is 0.224. The smallest absolute Gasteiger partial charge is 0.283 e. The predicted octanol–water partition coefficient (Wildman–Crippen LogP) is 5.65. The Hall–Kier alpha value is -3.22. The van der Waals surface area contributed by atoms with Crippen molar-refractivity contribution in [3.63, 3.8) is 0 Å². The molecule has 0 bridgehead atoms. The molecule has 5 nitrogen and oxygen atoms in total. The zero-order valence-electron chi connectivity index (χ0n) is 16.9. The highest BCUT2D eigenvalue weighted by molar-refractivity contribution is 8.04. The van der Waals surface area contributed by atoms with Gasteiger partial charge >= 0.3 is 0 Å². The summed E-state index contributed by atoms with van der Waals surface area (Å²) in [6.07, 6.45) is 0. The molecular weight excluding hydrogens is 432 g/mol. The molecule has 0 atom stereocenters. The summed E-state index contributed by atoms with van der Waals surface area (Å²) in [4.78, 5) is 29.1. The van der Waals surface area contributed by atoms with Crippen LogP contribution in [0.3, 0.4) is 0 Å². The number of amides is 2. The number of benzene rings is 3. The summed E-state index contributed by atoms with van der Waals surface area (Å²) in [5, 5.41) is 3.76. The lowest BCUT2D eigenvalue weighted by Gasteiger charge is -2.18. The van der Waals surface area contributed by atoms with Gasteiger partial charge in [-0.3, -0.25) is 9.59 Å². The molecule has 1 N–H and O–H groups in total. The van der Waals surface area contributed by atoms with Gasteiger partial charge in [-0.15, -0.1) is 0 Å². The van der Waals surface area contributed by atoms with Gasteiger partial charge in [0.05, 0.1) is 12.8 Å². The minimum Gasteiger partial charge on any atom is -0.495 e. The first-order valence-corrected chi connectivity index (χ1v) is 10.7. The van der Waals surface area contributed by atoms with Crippen LogP contribution in [0.4, 0.5) is 11.4 Å². The Morgan fingerprint density at radius 2 is 1.68 bits per heavy atom. The summed E-state index contributed by atoms with van der Waals surface area (Å²) in [6, 6.07) is 21.7. The average Bonchev–Trinajstić information content (AvgIpc) is 2.99. The number of carbonyl (C=O) groups excluding carboxylic acids is 2. The number of hydrogen-bond donors (Lipinski definition) is 1. The number of hydrogen-bond acceptors (Lipinski definition) is 5. The minimum atomic E-state index is -0.438. The van der Waals surface area contributed by atoms with Crippen molar-refractivity contribution in [2.75, 3.05) is 17.3 Å². The number of anilines is 2. The van der Waals surface area contributed by atoms with Crippen LogP contribution in [-0.4, -0.2) is 18.9 Å². The lowest BCUT2D eigenvalue weighted by atomic mass is 10.2. The molecule has 1 aliphatic rings. The third-order valence-electron chi connectivity index (χ3n) is 4.69. The SMILES string of the molecule is COc1ccccc1N1C(=O)C(Nc2cccc(C)c2)=C(Sc2ccc(Cl)cc2)C1=O. The lowest BCUT2D eigenvalue weighted by molar-refractivity contribution is -0.120. The van der Waals surface area contributed by atoms with Gasteiger partial charge in [-0.2, -0.15) is 0 Å². The molecular formula is C24H19ClN2O3S. The van der Waals surface area contributed by atoms with Crippen molar-refractivity contribution in [2.24, 2.45) is 0 Å². The number of aryl methyl sites for hydroxylation is 1. The van der Waals surface area contributed by atoms with Crippen LogP contribution in [0.1, 0.15) is 5.56 Å². The summed E-state index contributed by atoms with van der Waals surface area (Å²) >= 11 is 7.21. The van der Waals surface area contributed by atoms with Crippen LogP contribution in [0.25, 0.3) is 0 Å². The van der Waals surface area contributed by atoms with Crippen molar-refractivity contribution in [1.82, 2.24) is 0 Å². The Kier molecular flexibility index (Phi) is 6.02. The molecule has 0 saturated carbocycles. The number of para-hydroxylation sites is 2. The number of nitrogens with zero attached hydrogens (tertiary/aromatic N) is 1. The molecule has 0 radical (unpaired) electrons. The lowest BCUT2D eigenvalue weighted by Crippen LogP contribution is -2.32. The number of nitrogens with one attached hydrogen (secondary N) is 1. The molecule has 0 unspecified atom stereocenters. The highest BCUT2D eigenvalue weighted by atomic mass is 35.5. The van der Waals surface area contributed by atoms with Gasteiger partial charge in [0.2, 0.25) is 0 Å². The summed E-state index contributed by atoms with van der Waals surface area (Å²) in [5.74, 6) is -0.408. The first-order valence-electron chi connectivity index (χ1n) is 9.51. The van der Waals surface area contributed by atoms with Crippen LogP contribution >= 0.6 is 23.4 Å². The van der Waals surface area contributed by atoms with E-state index in [9.17, 15) is 9.59 Å². The van der Waals surface area contributed by atoms with Crippen LogP contribution in [0, 0.1) is 6.92 Å². The standard InChI is InChI=1S/C24H19ClN2O3S/c1-15-6-5-7-17(14-15)26-21-22(31-18-12-10-16(25)11-13-18)24(29)27(23(21)28)19-8-3-4-9-20(19)30-2/h3-14,26H,1-2H3. The van der Waals surface area contributed by atoms with Crippen LogP contribution in [0.15, 0.2) is 88.3 Å². The summed E-state index contributed by atoms with van der Waals surface area (Å²) in [6.45, 7) is 1.96. The van der Waals surface area contributed by atoms with Crippen molar-refractivity contribution in [2.45, 2.75) is 11.8 Å². The fourth-order valence-electron chi connectivity index (χ4n) is 3.24. The van der Waals surface area contributed by atoms with E-state index in [1.165, 1.54) is 18.9 Å². The number of imide groups is 1. The second kappa shape index (κ2) is 8.88. The van der Waals surface area contributed by atoms with Gasteiger partial charge < -0.3 is 10.1 Å². The highest BCUT2D eigenvalue weighted by Gasteiger charge is 2.41. The fourth-order valence-corrected chi connectivity index (χ4v) is 4.29. The first kappa shape index (κ1) is 21.0. The molecule has 3 aromatic carbocycles. The van der Waals surface area contributed by atoms with Crippen LogP contribution in [0.2, 0.25) is 5.02 Å². The number of rotatable bonds is 6. The van der Waals surface area contributed by atoms with Gasteiger partial charge in [0, 0.05) is 15.6 Å². The number of ether oxygens (including phenoxy) is 1. The van der Waals surface area contributed by atoms with E-state index in [0.717, 1.165) is 21.0 Å². The van der Waals surface area contributed by atoms with Crippen LogP contribution in [0.5, 0.6) is 5.75 Å². The highest BCUT2D eigenvalue weighted by Crippen LogP contribution is 2.40. The first-order chi connectivity index (χ1) is 15.0. The largest absolute Gasteiger partial charge is 0.495 e. The molecule has 0 aromatic heterocycles. The van der Waals surface area contributed by atoms with Crippen molar-refractivity contribution in [3.05, 3.63) is 94.0 Å². The van der Waals surface area contributed by atoms with E-state index >= 15 is 0 Å². The molecule has 2 amide bonds. The quantitative estimate of drug-likeness (QED) is 0.492. The zero-order valence-corrected chi connectivity index (χ0v) is 18.5. The molecule has 0 aliphatic carbocycles. The molecule has 0 spiro atoms. The van der Waals surface area contributed by atoms with Gasteiger partial charge in [0.25, 0.3) is 11.8 Å². The molecule has 1 aliphatic heterocycles. The zero-order chi connectivity index (χ0) is 22.0. The van der Waals surface area contributed by atoms with E-state index in [1.54, 1.807) is 36.4 Å². The van der Waals surface area contributed by atoms with Gasteiger partial charge in [-0.05, 0) is 61.0 Å². The number of carbonyl (C=O) groups is 2. The second-order valence-corrected chi connectivity index (χ2v) is 8.39. The third kappa shape index (κ3) is 4.31.